The van der Waals surface area contributed by atoms with E-state index in [1.54, 1.807) is 19.1 Å². The van der Waals surface area contributed by atoms with E-state index < -0.39 is 5.97 Å². The number of carbonyl (C=O) groups is 2. The number of amides is 1. The van der Waals surface area contributed by atoms with Gasteiger partial charge < -0.3 is 14.7 Å². The minimum absolute atomic E-state index is 0.0342. The third kappa shape index (κ3) is 10.9. The molecule has 1 fully saturated rings. The molecule has 0 saturated carbocycles. The third-order valence-corrected chi connectivity index (χ3v) is 5.65. The molecule has 1 atom stereocenters. The monoisotopic (exact) mass is 438 g/mol. The van der Waals surface area contributed by atoms with Crippen molar-refractivity contribution in [2.24, 2.45) is 11.8 Å². The topological polar surface area (TPSA) is 78.9 Å². The fourth-order valence-electron chi connectivity index (χ4n) is 3.30. The van der Waals surface area contributed by atoms with Crippen LogP contribution < -0.4 is 9.46 Å². The van der Waals surface area contributed by atoms with E-state index in [-0.39, 0.29) is 18.2 Å². The van der Waals surface area contributed by atoms with E-state index >= 15 is 0 Å². The first-order valence-electron chi connectivity index (χ1n) is 10.9. The van der Waals surface area contributed by atoms with Crippen molar-refractivity contribution in [2.75, 3.05) is 26.7 Å². The van der Waals surface area contributed by atoms with Crippen LogP contribution in [0.2, 0.25) is 0 Å². The molecule has 6 nitrogen and oxygen atoms in total. The van der Waals surface area contributed by atoms with Gasteiger partial charge in [0.2, 0.25) is 5.91 Å². The van der Waals surface area contributed by atoms with Crippen LogP contribution in [0.4, 0.5) is 0 Å². The van der Waals surface area contributed by atoms with Gasteiger partial charge in [-0.15, -0.1) is 0 Å². The van der Waals surface area contributed by atoms with Crippen LogP contribution in [0.15, 0.2) is 29.2 Å². The molecule has 1 saturated heterocycles. The number of carboxylic acids is 1. The molecule has 0 unspecified atom stereocenters. The highest BCUT2D eigenvalue weighted by atomic mass is 32.2. The number of likely N-dealkylation sites (tertiary alicyclic amines) is 1. The third-order valence-electron chi connectivity index (χ3n) is 4.80. The van der Waals surface area contributed by atoms with Gasteiger partial charge in [-0.25, -0.2) is 0 Å². The number of carbonyl (C=O) groups excluding carboxylic acids is 1. The Morgan fingerprint density at radius 2 is 1.80 bits per heavy atom. The van der Waals surface area contributed by atoms with Gasteiger partial charge in [-0.2, -0.15) is 0 Å². The Kier molecular flexibility index (Phi) is 13.3. The quantitative estimate of drug-likeness (QED) is 0.402. The Balaban J connectivity index is 0.000000311. The van der Waals surface area contributed by atoms with Gasteiger partial charge in [0.1, 0.15) is 5.75 Å². The molecule has 0 bridgehead atoms. The van der Waals surface area contributed by atoms with Crippen LogP contribution in [0.1, 0.15) is 59.3 Å². The number of hydrogen-bond acceptors (Lipinski definition) is 5. The number of methoxy groups -OCH3 is 1. The summed E-state index contributed by atoms with van der Waals surface area (Å²) >= 11 is 1.66. The molecule has 1 aromatic carbocycles. The highest BCUT2D eigenvalue weighted by Gasteiger charge is 2.27. The van der Waals surface area contributed by atoms with Crippen molar-refractivity contribution in [1.29, 1.82) is 0 Å². The second kappa shape index (κ2) is 15.1. The minimum atomic E-state index is -0.874. The maximum Gasteiger partial charge on any atom is 0.304 e. The molecule has 1 aliphatic heterocycles. The van der Waals surface area contributed by atoms with Gasteiger partial charge >= 0.3 is 5.97 Å². The first-order valence-corrected chi connectivity index (χ1v) is 11.7. The predicted molar refractivity (Wildman–Crippen MR) is 123 cm³/mol. The van der Waals surface area contributed by atoms with E-state index in [4.69, 9.17) is 9.84 Å². The van der Waals surface area contributed by atoms with Crippen molar-refractivity contribution in [2.45, 2.75) is 64.2 Å². The molecule has 0 spiro atoms. The molecule has 0 radical (unpaired) electrons. The van der Waals surface area contributed by atoms with Gasteiger partial charge in [0, 0.05) is 30.4 Å². The zero-order chi connectivity index (χ0) is 22.4. The smallest absolute Gasteiger partial charge is 0.304 e. The summed E-state index contributed by atoms with van der Waals surface area (Å²) in [5, 5.41) is 8.87. The van der Waals surface area contributed by atoms with Crippen molar-refractivity contribution in [3.63, 3.8) is 0 Å². The normalized spacial score (nSPS) is 14.6. The van der Waals surface area contributed by atoms with Gasteiger partial charge in [-0.3, -0.25) is 14.3 Å². The lowest BCUT2D eigenvalue weighted by molar-refractivity contribution is -0.145. The lowest BCUT2D eigenvalue weighted by Gasteiger charge is -2.30. The maximum atomic E-state index is 12.2. The van der Waals surface area contributed by atoms with Crippen LogP contribution in [0, 0.1) is 11.8 Å². The van der Waals surface area contributed by atoms with Crippen molar-refractivity contribution in [3.05, 3.63) is 24.3 Å². The maximum absolute atomic E-state index is 12.2. The molecule has 170 valence electrons. The van der Waals surface area contributed by atoms with E-state index in [0.29, 0.717) is 12.3 Å². The van der Waals surface area contributed by atoms with Crippen molar-refractivity contribution in [1.82, 2.24) is 9.62 Å². The van der Waals surface area contributed by atoms with Gasteiger partial charge in [0.25, 0.3) is 0 Å². The van der Waals surface area contributed by atoms with Gasteiger partial charge in [-0.1, -0.05) is 20.8 Å². The van der Waals surface area contributed by atoms with E-state index in [1.807, 2.05) is 43.0 Å². The minimum Gasteiger partial charge on any atom is -0.497 e. The number of benzene rings is 1. The second-order valence-electron chi connectivity index (χ2n) is 7.98. The number of nitrogens with zero attached hydrogens (tertiary/aromatic N) is 1. The number of piperidine rings is 1. The zero-order valence-corrected chi connectivity index (χ0v) is 19.7. The van der Waals surface area contributed by atoms with Crippen LogP contribution in [0.5, 0.6) is 5.75 Å². The number of nitrogens with one attached hydrogen (secondary N) is 1. The molecule has 30 heavy (non-hydrogen) atoms. The molecule has 1 aromatic rings. The van der Waals surface area contributed by atoms with E-state index in [1.165, 1.54) is 11.3 Å². The average Bonchev–Trinajstić information content (AvgIpc) is 2.74. The fraction of sp³-hybridized carbons (Fsp3) is 0.652. The number of carboxylic acid groups (broad SMARTS) is 1. The summed E-state index contributed by atoms with van der Waals surface area (Å²) in [5.74, 6) is 0.0836. The summed E-state index contributed by atoms with van der Waals surface area (Å²) in [7, 11) is 1.68. The molecule has 2 N–H and O–H groups in total. The van der Waals surface area contributed by atoms with E-state index in [0.717, 1.165) is 44.6 Å². The summed E-state index contributed by atoms with van der Waals surface area (Å²) in [6.07, 6.45) is 5.07. The standard InChI is InChI=1S/C13H23NO3.C10H15NOS/c1-10(2)8-11(9-12(15)16)13(17)14-6-4-3-5-7-14;1-3-8-11-13-10-6-4-9(12-2)5-7-10/h10-11H,3-9H2,1-2H3,(H,15,16);4-7,11H,3,8H2,1-2H3/t11-;/m1./s1. The van der Waals surface area contributed by atoms with Crippen LogP contribution in [0.3, 0.4) is 0 Å². The van der Waals surface area contributed by atoms with Crippen LogP contribution >= 0.6 is 11.9 Å². The Morgan fingerprint density at radius 1 is 1.17 bits per heavy atom. The summed E-state index contributed by atoms with van der Waals surface area (Å²) in [4.78, 5) is 26.1. The molecule has 1 aliphatic rings. The summed E-state index contributed by atoms with van der Waals surface area (Å²) in [6.45, 7) is 8.84. The van der Waals surface area contributed by atoms with Gasteiger partial charge in [-0.05, 0) is 74.2 Å². The Hall–Kier alpha value is -1.73. The molecule has 7 heteroatoms. The lowest BCUT2D eigenvalue weighted by atomic mass is 9.92. The zero-order valence-electron chi connectivity index (χ0n) is 18.9. The van der Waals surface area contributed by atoms with Crippen molar-refractivity contribution < 1.29 is 19.4 Å². The van der Waals surface area contributed by atoms with Crippen LogP contribution in [0.25, 0.3) is 0 Å². The molecule has 0 aliphatic carbocycles. The number of ether oxygens (including phenoxy) is 1. The molecular formula is C23H38N2O4S. The second-order valence-corrected chi connectivity index (χ2v) is 8.95. The first-order chi connectivity index (χ1) is 14.4. The molecule has 1 heterocycles. The Labute approximate surface area is 185 Å². The molecular weight excluding hydrogens is 400 g/mol. The number of aliphatic carboxylic acids is 1. The number of hydrogen-bond donors (Lipinski definition) is 2. The molecule has 0 aromatic heterocycles. The predicted octanol–water partition coefficient (Wildman–Crippen LogP) is 4.84. The SMILES string of the molecule is CC(C)C[C@H](CC(=O)O)C(=O)N1CCCCC1.CCCNSc1ccc(OC)cc1. The highest BCUT2D eigenvalue weighted by Crippen LogP contribution is 2.21. The van der Waals surface area contributed by atoms with Crippen molar-refractivity contribution in [3.8, 4) is 5.75 Å². The number of rotatable bonds is 10. The van der Waals surface area contributed by atoms with Crippen molar-refractivity contribution >= 4 is 23.8 Å². The average molecular weight is 439 g/mol. The summed E-state index contributed by atoms with van der Waals surface area (Å²) in [6, 6.07) is 8.03. The van der Waals surface area contributed by atoms with Crippen LogP contribution in [-0.4, -0.2) is 48.6 Å². The summed E-state index contributed by atoms with van der Waals surface area (Å²) < 4.78 is 8.33. The highest BCUT2D eigenvalue weighted by molar-refractivity contribution is 7.97. The molecule has 2 rings (SSSR count). The Morgan fingerprint density at radius 3 is 2.30 bits per heavy atom. The van der Waals surface area contributed by atoms with Gasteiger partial charge in [0.05, 0.1) is 13.5 Å². The fourth-order valence-corrected chi connectivity index (χ4v) is 4.05. The largest absolute Gasteiger partial charge is 0.497 e. The first kappa shape index (κ1) is 26.3. The Bertz CT molecular complexity index is 616. The van der Waals surface area contributed by atoms with Crippen LogP contribution in [-0.2, 0) is 9.59 Å². The lowest BCUT2D eigenvalue weighted by Crippen LogP contribution is -2.40. The van der Waals surface area contributed by atoms with E-state index in [2.05, 4.69) is 11.6 Å². The van der Waals surface area contributed by atoms with E-state index in [9.17, 15) is 9.59 Å². The summed E-state index contributed by atoms with van der Waals surface area (Å²) in [5.41, 5.74) is 0. The molecule has 1 amide bonds. The van der Waals surface area contributed by atoms with Gasteiger partial charge in [0.15, 0.2) is 0 Å².